The molecular weight excluding hydrogens is 174 g/mol. The largest absolute Gasteiger partial charge is 0.310 e. The van der Waals surface area contributed by atoms with Crippen molar-refractivity contribution in [3.63, 3.8) is 0 Å². The average molecular weight is 189 g/mol. The van der Waals surface area contributed by atoms with Gasteiger partial charge in [0.15, 0.2) is 0 Å². The maximum atomic E-state index is 5.24. The fraction of sp³-hybridized carbons (Fsp3) is 0.545. The van der Waals surface area contributed by atoms with Crippen LogP contribution in [-0.4, -0.2) is 15.8 Å². The molecule has 0 aromatic carbocycles. The molecule has 0 spiro atoms. The van der Waals surface area contributed by atoms with E-state index in [0.717, 1.165) is 12.6 Å². The molecule has 1 aliphatic rings. The topological polar surface area (TPSA) is 29.9 Å². The molecule has 0 aliphatic heterocycles. The number of hydrogen-bond acceptors (Lipinski definition) is 2. The molecule has 1 saturated carbocycles. The number of nitrogens with one attached hydrogen (secondary N) is 1. The summed E-state index contributed by atoms with van der Waals surface area (Å²) in [5, 5.41) is 7.70. The zero-order valence-electron chi connectivity index (χ0n) is 8.45. The van der Waals surface area contributed by atoms with Crippen molar-refractivity contribution in [1.82, 2.24) is 15.1 Å². The van der Waals surface area contributed by atoms with E-state index in [1.165, 1.54) is 24.1 Å². The van der Waals surface area contributed by atoms with Gasteiger partial charge in [-0.05, 0) is 19.8 Å². The summed E-state index contributed by atoms with van der Waals surface area (Å²) >= 11 is 0. The standard InChI is InChI=1S/C11H15N3/c1-3-6-14-9(2)10(8-13-14)7-12-11-4-5-11/h1,8,11-12H,4-7H2,2H3. The molecule has 1 aliphatic carbocycles. The summed E-state index contributed by atoms with van der Waals surface area (Å²) in [5.41, 5.74) is 2.43. The van der Waals surface area contributed by atoms with Crippen LogP contribution in [0.2, 0.25) is 0 Å². The molecule has 2 rings (SSSR count). The summed E-state index contributed by atoms with van der Waals surface area (Å²) in [6.45, 7) is 3.55. The highest BCUT2D eigenvalue weighted by atomic mass is 15.3. The second-order valence-electron chi connectivity index (χ2n) is 3.77. The van der Waals surface area contributed by atoms with Gasteiger partial charge in [-0.2, -0.15) is 5.10 Å². The molecule has 1 N–H and O–H groups in total. The van der Waals surface area contributed by atoms with E-state index < -0.39 is 0 Å². The molecule has 1 fully saturated rings. The molecular formula is C11H15N3. The van der Waals surface area contributed by atoms with Gasteiger partial charge in [-0.15, -0.1) is 6.42 Å². The first-order valence-corrected chi connectivity index (χ1v) is 4.99. The molecule has 3 nitrogen and oxygen atoms in total. The quantitative estimate of drug-likeness (QED) is 0.718. The van der Waals surface area contributed by atoms with Crippen molar-refractivity contribution in [2.45, 2.75) is 38.9 Å². The van der Waals surface area contributed by atoms with Gasteiger partial charge >= 0.3 is 0 Å². The molecule has 3 heteroatoms. The van der Waals surface area contributed by atoms with Crippen LogP contribution >= 0.6 is 0 Å². The van der Waals surface area contributed by atoms with Crippen molar-refractivity contribution in [2.24, 2.45) is 0 Å². The van der Waals surface area contributed by atoms with E-state index in [0.29, 0.717) is 6.54 Å². The zero-order valence-corrected chi connectivity index (χ0v) is 8.45. The fourth-order valence-corrected chi connectivity index (χ4v) is 1.45. The highest BCUT2D eigenvalue weighted by Gasteiger charge is 2.20. The van der Waals surface area contributed by atoms with E-state index in [1.807, 2.05) is 10.9 Å². The Morgan fingerprint density at radius 1 is 1.71 bits per heavy atom. The Morgan fingerprint density at radius 3 is 3.14 bits per heavy atom. The van der Waals surface area contributed by atoms with Gasteiger partial charge in [-0.1, -0.05) is 5.92 Å². The molecule has 0 amide bonds. The molecule has 0 radical (unpaired) electrons. The van der Waals surface area contributed by atoms with Gasteiger partial charge < -0.3 is 5.32 Å². The Balaban J connectivity index is 1.98. The monoisotopic (exact) mass is 189 g/mol. The first-order valence-electron chi connectivity index (χ1n) is 4.99. The Kier molecular flexibility index (Phi) is 2.55. The Hall–Kier alpha value is -1.27. The normalized spacial score (nSPS) is 15.4. The van der Waals surface area contributed by atoms with Crippen LogP contribution in [0.25, 0.3) is 0 Å². The van der Waals surface area contributed by atoms with Gasteiger partial charge in [-0.3, -0.25) is 4.68 Å². The number of nitrogens with zero attached hydrogens (tertiary/aromatic N) is 2. The molecule has 74 valence electrons. The van der Waals surface area contributed by atoms with Crippen molar-refractivity contribution in [2.75, 3.05) is 0 Å². The molecule has 14 heavy (non-hydrogen) atoms. The summed E-state index contributed by atoms with van der Waals surface area (Å²) in [6, 6.07) is 0.741. The third-order valence-electron chi connectivity index (χ3n) is 2.60. The van der Waals surface area contributed by atoms with Crippen LogP contribution in [0.3, 0.4) is 0 Å². The van der Waals surface area contributed by atoms with E-state index in [1.54, 1.807) is 0 Å². The Morgan fingerprint density at radius 2 is 2.50 bits per heavy atom. The molecule has 1 aromatic rings. The van der Waals surface area contributed by atoms with E-state index >= 15 is 0 Å². The Labute approximate surface area is 84.5 Å². The minimum absolute atomic E-state index is 0.565. The van der Waals surface area contributed by atoms with Crippen molar-refractivity contribution < 1.29 is 0 Å². The molecule has 0 unspecified atom stereocenters. The van der Waals surface area contributed by atoms with Crippen LogP contribution in [0.5, 0.6) is 0 Å². The van der Waals surface area contributed by atoms with Crippen molar-refractivity contribution in [1.29, 1.82) is 0 Å². The molecule has 0 bridgehead atoms. The van der Waals surface area contributed by atoms with Crippen LogP contribution in [0.4, 0.5) is 0 Å². The number of terminal acetylenes is 1. The lowest BCUT2D eigenvalue weighted by molar-refractivity contribution is 0.669. The SMILES string of the molecule is C#CCn1ncc(CNC2CC2)c1C. The average Bonchev–Trinajstić information content (AvgIpc) is 2.94. The predicted molar refractivity (Wildman–Crippen MR) is 55.7 cm³/mol. The van der Waals surface area contributed by atoms with Gasteiger partial charge in [0, 0.05) is 23.8 Å². The highest BCUT2D eigenvalue weighted by Crippen LogP contribution is 2.19. The second kappa shape index (κ2) is 3.85. The molecule has 1 aromatic heterocycles. The van der Waals surface area contributed by atoms with Crippen LogP contribution in [0.15, 0.2) is 6.20 Å². The number of aromatic nitrogens is 2. The third-order valence-corrected chi connectivity index (χ3v) is 2.60. The number of hydrogen-bond donors (Lipinski definition) is 1. The molecule has 0 saturated heterocycles. The van der Waals surface area contributed by atoms with E-state index in [-0.39, 0.29) is 0 Å². The summed E-state index contributed by atoms with van der Waals surface area (Å²) in [7, 11) is 0. The molecule has 1 heterocycles. The lowest BCUT2D eigenvalue weighted by atomic mass is 10.2. The summed E-state index contributed by atoms with van der Waals surface area (Å²) in [6.07, 6.45) is 9.78. The minimum atomic E-state index is 0.565. The van der Waals surface area contributed by atoms with E-state index in [2.05, 4.69) is 23.3 Å². The lowest BCUT2D eigenvalue weighted by Gasteiger charge is -2.02. The van der Waals surface area contributed by atoms with Gasteiger partial charge in [0.25, 0.3) is 0 Å². The van der Waals surface area contributed by atoms with Crippen LogP contribution in [0.1, 0.15) is 24.1 Å². The highest BCUT2D eigenvalue weighted by molar-refractivity contribution is 5.17. The summed E-state index contributed by atoms with van der Waals surface area (Å²) < 4.78 is 1.86. The van der Waals surface area contributed by atoms with Crippen LogP contribution in [0, 0.1) is 19.3 Å². The van der Waals surface area contributed by atoms with Crippen molar-refractivity contribution in [3.05, 3.63) is 17.5 Å². The van der Waals surface area contributed by atoms with Crippen molar-refractivity contribution >= 4 is 0 Å². The van der Waals surface area contributed by atoms with E-state index in [9.17, 15) is 0 Å². The van der Waals surface area contributed by atoms with Crippen molar-refractivity contribution in [3.8, 4) is 12.3 Å². The van der Waals surface area contributed by atoms with Crippen LogP contribution in [-0.2, 0) is 13.1 Å². The lowest BCUT2D eigenvalue weighted by Crippen LogP contribution is -2.15. The smallest absolute Gasteiger partial charge is 0.102 e. The first kappa shape index (κ1) is 9.29. The maximum Gasteiger partial charge on any atom is 0.102 e. The maximum absolute atomic E-state index is 5.24. The van der Waals surface area contributed by atoms with E-state index in [4.69, 9.17) is 6.42 Å². The zero-order chi connectivity index (χ0) is 9.97. The predicted octanol–water partition coefficient (Wildman–Crippen LogP) is 1.08. The molecule has 0 atom stereocenters. The van der Waals surface area contributed by atoms with Gasteiger partial charge in [0.2, 0.25) is 0 Å². The van der Waals surface area contributed by atoms with Gasteiger partial charge in [0.05, 0.1) is 6.20 Å². The Bertz CT molecular complexity index is 355. The fourth-order valence-electron chi connectivity index (χ4n) is 1.45. The van der Waals surface area contributed by atoms with Gasteiger partial charge in [-0.25, -0.2) is 0 Å². The third kappa shape index (κ3) is 1.97. The van der Waals surface area contributed by atoms with Gasteiger partial charge in [0.1, 0.15) is 6.54 Å². The minimum Gasteiger partial charge on any atom is -0.310 e. The summed E-state index contributed by atoms with van der Waals surface area (Å²) in [4.78, 5) is 0. The summed E-state index contributed by atoms with van der Waals surface area (Å²) in [5.74, 6) is 2.60. The van der Waals surface area contributed by atoms with Crippen LogP contribution < -0.4 is 5.32 Å². The first-order chi connectivity index (χ1) is 6.81. The second-order valence-corrected chi connectivity index (χ2v) is 3.77. The number of rotatable bonds is 4.